The monoisotopic (exact) mass is 477 g/mol. The van der Waals surface area contributed by atoms with Crippen LogP contribution in [0.1, 0.15) is 51.6 Å². The van der Waals surface area contributed by atoms with Gasteiger partial charge in [0.15, 0.2) is 5.82 Å². The summed E-state index contributed by atoms with van der Waals surface area (Å²) in [4.78, 5) is 33.1. The first-order chi connectivity index (χ1) is 16.6. The van der Waals surface area contributed by atoms with Crippen molar-refractivity contribution < 1.29 is 14.3 Å². The number of aryl methyl sites for hydroxylation is 1. The van der Waals surface area contributed by atoms with Crippen molar-refractivity contribution in [2.45, 2.75) is 51.6 Å². The molecule has 2 aromatic heterocycles. The minimum absolute atomic E-state index is 0.0979. The highest BCUT2D eigenvalue weighted by Crippen LogP contribution is 2.52. The van der Waals surface area contributed by atoms with Crippen LogP contribution in [0.3, 0.4) is 0 Å². The first kappa shape index (κ1) is 23.1. The Balaban J connectivity index is 1.24. The number of anilines is 3. The van der Waals surface area contributed by atoms with Crippen LogP contribution in [0.4, 0.5) is 22.1 Å². The van der Waals surface area contributed by atoms with E-state index in [4.69, 9.17) is 4.74 Å². The van der Waals surface area contributed by atoms with Crippen LogP contribution in [-0.2, 0) is 16.6 Å². The Kier molecular flexibility index (Phi) is 5.46. The summed E-state index contributed by atoms with van der Waals surface area (Å²) in [6, 6.07) is 7.90. The Bertz CT molecular complexity index is 1200. The van der Waals surface area contributed by atoms with E-state index in [2.05, 4.69) is 21.5 Å². The molecule has 1 aliphatic carbocycles. The molecular weight excluding hydrogens is 446 g/mol. The highest BCUT2D eigenvalue weighted by atomic mass is 16.6. The number of carbonyl (C=O) groups excluding carboxylic acids is 2. The zero-order chi connectivity index (χ0) is 25.0. The summed E-state index contributed by atoms with van der Waals surface area (Å²) in [6.07, 6.45) is 3.84. The zero-order valence-electron chi connectivity index (χ0n) is 20.6. The van der Waals surface area contributed by atoms with E-state index in [-0.39, 0.29) is 23.8 Å². The molecule has 2 amide bonds. The molecule has 184 valence electrons. The van der Waals surface area contributed by atoms with Gasteiger partial charge in [0, 0.05) is 62.3 Å². The van der Waals surface area contributed by atoms with Crippen LogP contribution < -0.4 is 10.2 Å². The minimum Gasteiger partial charge on any atom is -0.444 e. The fourth-order valence-corrected chi connectivity index (χ4v) is 4.99. The van der Waals surface area contributed by atoms with Gasteiger partial charge in [0.25, 0.3) is 0 Å². The average Bonchev–Trinajstić information content (AvgIpc) is 3.46. The molecular formula is C25H31N7O3. The summed E-state index contributed by atoms with van der Waals surface area (Å²) in [5.74, 6) is 1.48. The van der Waals surface area contributed by atoms with E-state index in [1.54, 1.807) is 22.1 Å². The third kappa shape index (κ3) is 4.31. The Labute approximate surface area is 204 Å². The molecule has 5 rings (SSSR count). The number of ether oxygens (including phenoxy) is 1. The Morgan fingerprint density at radius 3 is 2.66 bits per heavy atom. The van der Waals surface area contributed by atoms with Crippen molar-refractivity contribution in [1.82, 2.24) is 19.7 Å². The normalized spacial score (nSPS) is 22.7. The largest absolute Gasteiger partial charge is 0.444 e. The summed E-state index contributed by atoms with van der Waals surface area (Å²) in [5, 5.41) is 17.5. The van der Waals surface area contributed by atoms with Crippen LogP contribution in [0.25, 0.3) is 0 Å². The molecule has 0 aromatic carbocycles. The molecule has 2 aromatic rings. The molecule has 0 radical (unpaired) electrons. The first-order valence-corrected chi connectivity index (χ1v) is 12.1. The van der Waals surface area contributed by atoms with Crippen LogP contribution in [0.15, 0.2) is 24.4 Å². The SMILES string of the molecule is Cn1nc(Nc2cc(N3CC[C@@](C#N)(C4CC4)C3=O)ccn2)cc1C1CN(C(=O)OC(C)(C)C)C1. The van der Waals surface area contributed by atoms with Crippen LogP contribution >= 0.6 is 0 Å². The maximum atomic E-state index is 13.1. The molecule has 4 heterocycles. The summed E-state index contributed by atoms with van der Waals surface area (Å²) >= 11 is 0. The summed E-state index contributed by atoms with van der Waals surface area (Å²) < 4.78 is 7.25. The molecule has 10 nitrogen and oxygen atoms in total. The number of nitriles is 1. The summed E-state index contributed by atoms with van der Waals surface area (Å²) in [7, 11) is 1.88. The van der Waals surface area contributed by atoms with Crippen LogP contribution in [0.2, 0.25) is 0 Å². The lowest BCUT2D eigenvalue weighted by Gasteiger charge is -2.39. The van der Waals surface area contributed by atoms with Crippen molar-refractivity contribution in [2.24, 2.45) is 18.4 Å². The van der Waals surface area contributed by atoms with Gasteiger partial charge in [-0.1, -0.05) is 0 Å². The van der Waals surface area contributed by atoms with Gasteiger partial charge in [-0.05, 0) is 52.0 Å². The molecule has 0 spiro atoms. The van der Waals surface area contributed by atoms with Gasteiger partial charge in [-0.15, -0.1) is 0 Å². The number of nitrogens with one attached hydrogen (secondary N) is 1. The van der Waals surface area contributed by atoms with Crippen LogP contribution in [0.5, 0.6) is 0 Å². The summed E-state index contributed by atoms with van der Waals surface area (Å²) in [6.45, 7) is 7.28. The molecule has 1 N–H and O–H groups in total. The maximum Gasteiger partial charge on any atom is 0.410 e. The van der Waals surface area contributed by atoms with Crippen molar-refractivity contribution >= 4 is 29.3 Å². The van der Waals surface area contributed by atoms with Crippen molar-refractivity contribution in [3.63, 3.8) is 0 Å². The van der Waals surface area contributed by atoms with Crippen molar-refractivity contribution in [1.29, 1.82) is 5.26 Å². The van der Waals surface area contributed by atoms with Gasteiger partial charge in [0.1, 0.15) is 16.8 Å². The highest BCUT2D eigenvalue weighted by molar-refractivity contribution is 6.02. The van der Waals surface area contributed by atoms with Crippen molar-refractivity contribution in [3.8, 4) is 6.07 Å². The number of pyridine rings is 1. The van der Waals surface area contributed by atoms with E-state index in [9.17, 15) is 14.9 Å². The number of amides is 2. The first-order valence-electron chi connectivity index (χ1n) is 12.1. The van der Waals surface area contributed by atoms with E-state index in [1.165, 1.54) is 0 Å². The zero-order valence-corrected chi connectivity index (χ0v) is 20.6. The Morgan fingerprint density at radius 1 is 1.26 bits per heavy atom. The van der Waals surface area contributed by atoms with Gasteiger partial charge >= 0.3 is 6.09 Å². The maximum absolute atomic E-state index is 13.1. The number of likely N-dealkylation sites (tertiary alicyclic amines) is 1. The van der Waals surface area contributed by atoms with Gasteiger partial charge in [0.05, 0.1) is 6.07 Å². The lowest BCUT2D eigenvalue weighted by atomic mass is 9.83. The van der Waals surface area contributed by atoms with Crippen molar-refractivity contribution in [2.75, 3.05) is 29.9 Å². The molecule has 35 heavy (non-hydrogen) atoms. The Hall–Kier alpha value is -3.61. The predicted molar refractivity (Wildman–Crippen MR) is 129 cm³/mol. The van der Waals surface area contributed by atoms with E-state index in [0.717, 1.165) is 24.2 Å². The predicted octanol–water partition coefficient (Wildman–Crippen LogP) is 3.55. The molecule has 0 bridgehead atoms. The quantitative estimate of drug-likeness (QED) is 0.700. The molecule has 2 aliphatic heterocycles. The number of hydrogen-bond acceptors (Lipinski definition) is 7. The van der Waals surface area contributed by atoms with Crippen LogP contribution in [-0.4, -0.2) is 56.9 Å². The molecule has 3 fully saturated rings. The van der Waals surface area contributed by atoms with E-state index in [1.807, 2.05) is 44.6 Å². The highest BCUT2D eigenvalue weighted by Gasteiger charge is 2.56. The minimum atomic E-state index is -0.872. The van der Waals surface area contributed by atoms with E-state index in [0.29, 0.717) is 37.7 Å². The number of carbonyl (C=O) groups is 2. The molecule has 3 aliphatic rings. The molecule has 1 saturated carbocycles. The fraction of sp³-hybridized carbons (Fsp3) is 0.560. The summed E-state index contributed by atoms with van der Waals surface area (Å²) in [5.41, 5.74) is 0.360. The second-order valence-electron chi connectivity index (χ2n) is 10.7. The molecule has 10 heteroatoms. The van der Waals surface area contributed by atoms with Crippen LogP contribution in [0, 0.1) is 22.7 Å². The molecule has 0 unspecified atom stereocenters. The second kappa shape index (κ2) is 8.26. The molecule has 2 saturated heterocycles. The van der Waals surface area contributed by atoms with E-state index >= 15 is 0 Å². The molecule has 1 atom stereocenters. The standard InChI is InChI=1S/C25H31N7O3/c1-24(2,3)35-23(34)31-13-16(14-31)19-12-21(29-30(19)4)28-20-11-18(7-9-27-20)32-10-8-25(15-26,22(32)33)17-5-6-17/h7,9,11-12,16-17H,5-6,8,10,13-14H2,1-4H3,(H,27,28,29)/t25-/m1/s1. The number of hydrogen-bond donors (Lipinski definition) is 1. The lowest BCUT2D eigenvalue weighted by Crippen LogP contribution is -2.50. The fourth-order valence-electron chi connectivity index (χ4n) is 4.99. The number of aromatic nitrogens is 3. The average molecular weight is 478 g/mol. The van der Waals surface area contributed by atoms with Gasteiger partial charge in [-0.2, -0.15) is 10.4 Å². The van der Waals surface area contributed by atoms with Gasteiger partial charge in [0.2, 0.25) is 5.91 Å². The van der Waals surface area contributed by atoms with Gasteiger partial charge in [-0.3, -0.25) is 9.48 Å². The topological polar surface area (TPSA) is 116 Å². The second-order valence-corrected chi connectivity index (χ2v) is 10.7. The third-order valence-electron chi connectivity index (χ3n) is 7.01. The van der Waals surface area contributed by atoms with Crippen molar-refractivity contribution in [3.05, 3.63) is 30.1 Å². The van der Waals surface area contributed by atoms with Gasteiger partial charge in [-0.25, -0.2) is 9.78 Å². The number of rotatable bonds is 5. The Morgan fingerprint density at radius 2 is 2.00 bits per heavy atom. The van der Waals surface area contributed by atoms with Gasteiger partial charge < -0.3 is 19.9 Å². The number of nitrogens with zero attached hydrogens (tertiary/aromatic N) is 6. The lowest BCUT2D eigenvalue weighted by molar-refractivity contribution is -0.123. The smallest absolute Gasteiger partial charge is 0.410 e. The third-order valence-corrected chi connectivity index (χ3v) is 7.01. The van der Waals surface area contributed by atoms with E-state index < -0.39 is 11.0 Å².